The molecule has 0 atom stereocenters. The molecule has 0 radical (unpaired) electrons. The summed E-state index contributed by atoms with van der Waals surface area (Å²) < 4.78 is 17.7. The molecule has 1 rings (SSSR count). The first kappa shape index (κ1) is 9.02. The third-order valence-electron chi connectivity index (χ3n) is 1.54. The minimum absolute atomic E-state index is 0.00926. The van der Waals surface area contributed by atoms with Gasteiger partial charge < -0.3 is 4.74 Å². The maximum absolute atomic E-state index is 12.9. The second-order valence-electron chi connectivity index (χ2n) is 2.23. The number of nitrogens with zero attached hydrogens (tertiary/aromatic N) is 2. The highest BCUT2D eigenvalue weighted by Crippen LogP contribution is 2.24. The normalized spacial score (nSPS) is 8.62. The zero-order valence-electron chi connectivity index (χ0n) is 6.84. The van der Waals surface area contributed by atoms with Crippen LogP contribution in [0.3, 0.4) is 0 Å². The number of methoxy groups -OCH3 is 1. The van der Waals surface area contributed by atoms with E-state index < -0.39 is 5.82 Å². The highest BCUT2D eigenvalue weighted by molar-refractivity contribution is 5.54. The summed E-state index contributed by atoms with van der Waals surface area (Å²) in [5.41, 5.74) is -0.0815. The van der Waals surface area contributed by atoms with Crippen LogP contribution in [0.4, 0.5) is 4.39 Å². The van der Waals surface area contributed by atoms with E-state index >= 15 is 0 Å². The zero-order valence-corrected chi connectivity index (χ0v) is 6.84. The Morgan fingerprint density at radius 2 is 2.00 bits per heavy atom. The Hall–Kier alpha value is -2.07. The maximum atomic E-state index is 12.9. The van der Waals surface area contributed by atoms with Gasteiger partial charge in [0.25, 0.3) is 0 Å². The van der Waals surface area contributed by atoms with Gasteiger partial charge in [0.1, 0.15) is 23.5 Å². The lowest BCUT2D eigenvalue weighted by Crippen LogP contribution is -1.95. The summed E-state index contributed by atoms with van der Waals surface area (Å²) in [5.74, 6) is -0.691. The second-order valence-corrected chi connectivity index (χ2v) is 2.23. The number of nitriles is 2. The number of hydrogen-bond donors (Lipinski definition) is 0. The van der Waals surface area contributed by atoms with Gasteiger partial charge in [-0.3, -0.25) is 0 Å². The Morgan fingerprint density at radius 1 is 1.31 bits per heavy atom. The largest absolute Gasteiger partial charge is 0.494 e. The van der Waals surface area contributed by atoms with Crippen LogP contribution in [-0.4, -0.2) is 7.11 Å². The molecule has 0 heterocycles. The van der Waals surface area contributed by atoms with Crippen molar-refractivity contribution in [1.29, 1.82) is 10.5 Å². The molecule has 0 aliphatic carbocycles. The molecular weight excluding hydrogens is 171 g/mol. The molecule has 0 N–H and O–H groups in total. The molecule has 0 unspecified atom stereocenters. The van der Waals surface area contributed by atoms with Crippen molar-refractivity contribution in [3.63, 3.8) is 0 Å². The van der Waals surface area contributed by atoms with Gasteiger partial charge in [-0.2, -0.15) is 10.5 Å². The third-order valence-corrected chi connectivity index (χ3v) is 1.54. The number of halogens is 1. The molecule has 13 heavy (non-hydrogen) atoms. The van der Waals surface area contributed by atoms with Crippen LogP contribution in [0.25, 0.3) is 0 Å². The van der Waals surface area contributed by atoms with Crippen LogP contribution < -0.4 is 4.74 Å². The highest BCUT2D eigenvalue weighted by atomic mass is 19.1. The number of rotatable bonds is 1. The van der Waals surface area contributed by atoms with Gasteiger partial charge in [0.15, 0.2) is 5.75 Å². The Bertz CT molecular complexity index is 415. The molecule has 1 aromatic carbocycles. The van der Waals surface area contributed by atoms with Gasteiger partial charge in [-0.05, 0) is 12.1 Å². The minimum Gasteiger partial charge on any atom is -0.494 e. The molecule has 0 aliphatic heterocycles. The molecule has 0 aromatic heterocycles. The second kappa shape index (κ2) is 3.55. The van der Waals surface area contributed by atoms with Crippen LogP contribution in [0.15, 0.2) is 12.1 Å². The van der Waals surface area contributed by atoms with Gasteiger partial charge >= 0.3 is 0 Å². The van der Waals surface area contributed by atoms with Gasteiger partial charge in [-0.15, -0.1) is 0 Å². The van der Waals surface area contributed by atoms with E-state index in [1.54, 1.807) is 12.1 Å². The molecule has 1 aromatic rings. The van der Waals surface area contributed by atoms with Crippen molar-refractivity contribution >= 4 is 0 Å². The monoisotopic (exact) mass is 176 g/mol. The first-order chi connectivity index (χ1) is 6.24. The van der Waals surface area contributed by atoms with Crippen molar-refractivity contribution in [1.82, 2.24) is 0 Å². The number of hydrogen-bond acceptors (Lipinski definition) is 3. The standard InChI is InChI=1S/C9H5FN2O/c1-13-9-6(4-11)2-3-8(10)7(9)5-12/h2-3H,1H3. The lowest BCUT2D eigenvalue weighted by Gasteiger charge is -2.04. The van der Waals surface area contributed by atoms with Crippen LogP contribution in [0.1, 0.15) is 11.1 Å². The predicted octanol–water partition coefficient (Wildman–Crippen LogP) is 1.58. The molecule has 4 heteroatoms. The highest BCUT2D eigenvalue weighted by Gasteiger charge is 2.13. The Balaban J connectivity index is 3.50. The van der Waals surface area contributed by atoms with Crippen molar-refractivity contribution in [2.75, 3.05) is 7.11 Å². The lowest BCUT2D eigenvalue weighted by molar-refractivity contribution is 0.408. The third kappa shape index (κ3) is 1.43. The van der Waals surface area contributed by atoms with E-state index in [1.807, 2.05) is 0 Å². The van der Waals surface area contributed by atoms with E-state index in [0.29, 0.717) is 0 Å². The van der Waals surface area contributed by atoms with Crippen molar-refractivity contribution in [2.24, 2.45) is 0 Å². The summed E-state index contributed by atoms with van der Waals surface area (Å²) in [6.07, 6.45) is 0. The minimum atomic E-state index is -0.682. The fraction of sp³-hybridized carbons (Fsp3) is 0.111. The molecule has 0 aliphatic rings. The van der Waals surface area contributed by atoms with E-state index in [0.717, 1.165) is 6.07 Å². The molecule has 0 saturated heterocycles. The summed E-state index contributed by atoms with van der Waals surface area (Å²) in [6, 6.07) is 5.79. The van der Waals surface area contributed by atoms with E-state index in [1.165, 1.54) is 13.2 Å². The van der Waals surface area contributed by atoms with Crippen molar-refractivity contribution in [3.05, 3.63) is 29.1 Å². The van der Waals surface area contributed by atoms with Crippen molar-refractivity contribution in [2.45, 2.75) is 0 Å². The summed E-state index contributed by atoms with van der Waals surface area (Å²) in [5, 5.41) is 17.2. The average Bonchev–Trinajstić information content (AvgIpc) is 2.17. The van der Waals surface area contributed by atoms with E-state index in [9.17, 15) is 4.39 Å². The van der Waals surface area contributed by atoms with Gasteiger partial charge in [0, 0.05) is 0 Å². The first-order valence-electron chi connectivity index (χ1n) is 3.41. The van der Waals surface area contributed by atoms with Gasteiger partial charge in [0.05, 0.1) is 12.7 Å². The SMILES string of the molecule is COc1c(C#N)ccc(F)c1C#N. The summed E-state index contributed by atoms with van der Waals surface area (Å²) in [7, 11) is 1.29. The topological polar surface area (TPSA) is 56.8 Å². The lowest BCUT2D eigenvalue weighted by atomic mass is 10.1. The zero-order chi connectivity index (χ0) is 9.84. The molecule has 0 bridgehead atoms. The summed E-state index contributed by atoms with van der Waals surface area (Å²) >= 11 is 0. The van der Waals surface area contributed by atoms with E-state index in [2.05, 4.69) is 0 Å². The molecule has 64 valence electrons. The Morgan fingerprint density at radius 3 is 2.46 bits per heavy atom. The van der Waals surface area contributed by atoms with Crippen LogP contribution in [0, 0.1) is 28.5 Å². The molecule has 3 nitrogen and oxygen atoms in total. The van der Waals surface area contributed by atoms with E-state index in [4.69, 9.17) is 15.3 Å². The average molecular weight is 176 g/mol. The van der Waals surface area contributed by atoms with Gasteiger partial charge in [-0.1, -0.05) is 0 Å². The molecular formula is C9H5FN2O. The Kier molecular flexibility index (Phi) is 2.47. The van der Waals surface area contributed by atoms with Crippen LogP contribution >= 0.6 is 0 Å². The van der Waals surface area contributed by atoms with Crippen molar-refractivity contribution in [3.8, 4) is 17.9 Å². The van der Waals surface area contributed by atoms with Crippen LogP contribution in [0.5, 0.6) is 5.75 Å². The number of benzene rings is 1. The van der Waals surface area contributed by atoms with Crippen molar-refractivity contribution < 1.29 is 9.13 Å². The molecule has 0 saturated carbocycles. The first-order valence-corrected chi connectivity index (χ1v) is 3.41. The fourth-order valence-electron chi connectivity index (χ4n) is 0.963. The molecule has 0 amide bonds. The molecule has 0 fully saturated rings. The van der Waals surface area contributed by atoms with Crippen LogP contribution in [0.2, 0.25) is 0 Å². The van der Waals surface area contributed by atoms with Crippen LogP contribution in [-0.2, 0) is 0 Å². The number of ether oxygens (including phenoxy) is 1. The predicted molar refractivity (Wildman–Crippen MR) is 42.4 cm³/mol. The smallest absolute Gasteiger partial charge is 0.157 e. The Labute approximate surface area is 74.6 Å². The van der Waals surface area contributed by atoms with Gasteiger partial charge in [0.2, 0.25) is 0 Å². The molecule has 0 spiro atoms. The van der Waals surface area contributed by atoms with Gasteiger partial charge in [-0.25, -0.2) is 4.39 Å². The fourth-order valence-corrected chi connectivity index (χ4v) is 0.963. The summed E-state index contributed by atoms with van der Waals surface area (Å²) in [4.78, 5) is 0. The van der Waals surface area contributed by atoms with E-state index in [-0.39, 0.29) is 16.9 Å². The maximum Gasteiger partial charge on any atom is 0.157 e. The quantitative estimate of drug-likeness (QED) is 0.652. The summed E-state index contributed by atoms with van der Waals surface area (Å²) in [6.45, 7) is 0.